The highest BCUT2D eigenvalue weighted by Gasteiger charge is 2.49. The number of hydrogen-bond donors (Lipinski definition) is 4. The maximum absolute atomic E-state index is 12.0. The summed E-state index contributed by atoms with van der Waals surface area (Å²) in [7, 11) is 0. The van der Waals surface area contributed by atoms with E-state index in [1.54, 1.807) is 6.92 Å². The molecule has 2 saturated heterocycles. The molecule has 2 aliphatic rings. The second kappa shape index (κ2) is 7.12. The maximum atomic E-state index is 12.0. The molecule has 3 heterocycles. The van der Waals surface area contributed by atoms with E-state index in [-0.39, 0.29) is 29.9 Å². The van der Waals surface area contributed by atoms with Crippen LogP contribution in [0.4, 0.5) is 11.8 Å². The fraction of sp³-hybridized carbons (Fsp3) is 0.722. The Hall–Kier alpha value is -2.13. The molecule has 1 amide bonds. The van der Waals surface area contributed by atoms with Crippen LogP contribution in [0.25, 0.3) is 0 Å². The lowest BCUT2D eigenvalue weighted by molar-refractivity contribution is -0.181. The molecule has 0 saturated carbocycles. The highest BCUT2D eigenvalue weighted by atomic mass is 16.5. The molecule has 150 valence electrons. The number of piperidine rings is 1. The summed E-state index contributed by atoms with van der Waals surface area (Å²) < 4.78 is 6.15. The lowest BCUT2D eigenvalue weighted by atomic mass is 9.75. The van der Waals surface area contributed by atoms with Crippen LogP contribution in [0.3, 0.4) is 0 Å². The third-order valence-corrected chi connectivity index (χ3v) is 5.57. The van der Waals surface area contributed by atoms with E-state index in [1.165, 1.54) is 6.07 Å². The number of rotatable bonds is 3. The first kappa shape index (κ1) is 19.6. The van der Waals surface area contributed by atoms with Gasteiger partial charge in [0.1, 0.15) is 5.82 Å². The molecular formula is C18H29N5O4. The lowest BCUT2D eigenvalue weighted by Crippen LogP contribution is -2.64. The van der Waals surface area contributed by atoms with Crippen molar-refractivity contribution in [2.75, 3.05) is 30.3 Å². The van der Waals surface area contributed by atoms with Gasteiger partial charge in [0.05, 0.1) is 23.9 Å². The van der Waals surface area contributed by atoms with Crippen molar-refractivity contribution in [1.29, 1.82) is 0 Å². The van der Waals surface area contributed by atoms with Gasteiger partial charge in [0, 0.05) is 31.5 Å². The minimum absolute atomic E-state index is 0.0902. The zero-order valence-corrected chi connectivity index (χ0v) is 16.1. The molecule has 0 aliphatic carbocycles. The van der Waals surface area contributed by atoms with Gasteiger partial charge < -0.3 is 25.8 Å². The van der Waals surface area contributed by atoms with Gasteiger partial charge in [-0.1, -0.05) is 13.8 Å². The molecule has 2 atom stereocenters. The second-order valence-electron chi connectivity index (χ2n) is 8.22. The number of hydrogen-bond acceptors (Lipinski definition) is 7. The first-order valence-electron chi connectivity index (χ1n) is 9.39. The fourth-order valence-corrected chi connectivity index (χ4v) is 3.89. The van der Waals surface area contributed by atoms with Gasteiger partial charge in [-0.25, -0.2) is 0 Å². The summed E-state index contributed by atoms with van der Waals surface area (Å²) in [5.74, 6) is 0.413. The number of aromatic nitrogens is 2. The molecule has 3 rings (SSSR count). The largest absolute Gasteiger partial charge is 0.388 e. The predicted octanol–water partition coefficient (Wildman–Crippen LogP) is 0.00320. The molecule has 9 nitrogen and oxygen atoms in total. The zero-order valence-electron chi connectivity index (χ0n) is 16.1. The summed E-state index contributed by atoms with van der Waals surface area (Å²) in [6, 6.07) is 1.01. The van der Waals surface area contributed by atoms with Crippen molar-refractivity contribution in [2.45, 2.75) is 57.3 Å². The van der Waals surface area contributed by atoms with E-state index in [0.717, 1.165) is 0 Å². The number of nitrogens with zero attached hydrogens (tertiary/aromatic N) is 2. The molecule has 2 aliphatic heterocycles. The summed E-state index contributed by atoms with van der Waals surface area (Å²) in [4.78, 5) is 32.2. The first-order chi connectivity index (χ1) is 12.6. The molecule has 0 unspecified atom stereocenters. The standard InChI is InChI=1S/C18H29N5O4/c1-11(2)15(25)20-12-9-27-18(10-17(12,3)26)4-6-23(7-5-18)13-8-14(24)22-16(19)21-13/h8,11-12,26H,4-7,9-10H2,1-3H3,(H,20,25)(H3,19,21,22,24)/t12-,17-/m0/s1. The topological polar surface area (TPSA) is 134 Å². The highest BCUT2D eigenvalue weighted by molar-refractivity contribution is 5.78. The smallest absolute Gasteiger partial charge is 0.254 e. The Bertz CT molecular complexity index is 752. The number of nitrogens with two attached hydrogens (primary N) is 1. The highest BCUT2D eigenvalue weighted by Crippen LogP contribution is 2.40. The number of carbonyl (C=O) groups is 1. The second-order valence-corrected chi connectivity index (χ2v) is 8.22. The van der Waals surface area contributed by atoms with Crippen LogP contribution >= 0.6 is 0 Å². The Labute approximate surface area is 158 Å². The molecule has 0 radical (unpaired) electrons. The minimum atomic E-state index is -1.04. The average molecular weight is 379 g/mol. The Morgan fingerprint density at radius 2 is 2.15 bits per heavy atom. The molecule has 1 aromatic heterocycles. The summed E-state index contributed by atoms with van der Waals surface area (Å²) in [6.07, 6.45) is 1.84. The number of ether oxygens (including phenoxy) is 1. The minimum Gasteiger partial charge on any atom is -0.388 e. The Kier molecular flexibility index (Phi) is 5.18. The Balaban J connectivity index is 1.65. The fourth-order valence-electron chi connectivity index (χ4n) is 3.89. The van der Waals surface area contributed by atoms with Crippen LogP contribution in [-0.2, 0) is 9.53 Å². The SMILES string of the molecule is CC(C)C(=O)N[C@H]1COC2(CCN(c3cc(=O)[nH]c(N)n3)CC2)C[C@]1(C)O. The van der Waals surface area contributed by atoms with Crippen LogP contribution in [0, 0.1) is 5.92 Å². The monoisotopic (exact) mass is 379 g/mol. The summed E-state index contributed by atoms with van der Waals surface area (Å²) in [5.41, 5.74) is 3.87. The van der Waals surface area contributed by atoms with E-state index >= 15 is 0 Å². The van der Waals surface area contributed by atoms with Crippen molar-refractivity contribution >= 4 is 17.7 Å². The summed E-state index contributed by atoms with van der Waals surface area (Å²) in [5, 5.41) is 13.8. The summed E-state index contributed by atoms with van der Waals surface area (Å²) >= 11 is 0. The molecule has 27 heavy (non-hydrogen) atoms. The van der Waals surface area contributed by atoms with Crippen molar-refractivity contribution < 1.29 is 14.6 Å². The van der Waals surface area contributed by atoms with Crippen LogP contribution in [0.5, 0.6) is 0 Å². The van der Waals surface area contributed by atoms with Gasteiger partial charge >= 0.3 is 0 Å². The molecule has 1 spiro atoms. The van der Waals surface area contributed by atoms with Crippen molar-refractivity contribution in [3.05, 3.63) is 16.4 Å². The number of H-pyrrole nitrogens is 1. The average Bonchev–Trinajstić information content (AvgIpc) is 2.56. The molecular weight excluding hydrogens is 350 g/mol. The van der Waals surface area contributed by atoms with E-state index < -0.39 is 17.2 Å². The van der Waals surface area contributed by atoms with Crippen LogP contribution in [0.15, 0.2) is 10.9 Å². The van der Waals surface area contributed by atoms with E-state index in [0.29, 0.717) is 38.2 Å². The van der Waals surface area contributed by atoms with Crippen molar-refractivity contribution in [3.63, 3.8) is 0 Å². The molecule has 1 aromatic rings. The predicted molar refractivity (Wildman–Crippen MR) is 101 cm³/mol. The lowest BCUT2D eigenvalue weighted by Gasteiger charge is -2.51. The Morgan fingerprint density at radius 3 is 2.70 bits per heavy atom. The van der Waals surface area contributed by atoms with E-state index in [1.807, 2.05) is 18.7 Å². The Morgan fingerprint density at radius 1 is 1.48 bits per heavy atom. The van der Waals surface area contributed by atoms with Crippen LogP contribution in [-0.4, -0.2) is 57.9 Å². The van der Waals surface area contributed by atoms with Crippen LogP contribution in [0.2, 0.25) is 0 Å². The summed E-state index contributed by atoms with van der Waals surface area (Å²) in [6.45, 7) is 6.97. The number of carbonyl (C=O) groups excluding carboxylic acids is 1. The molecule has 2 fully saturated rings. The quantitative estimate of drug-likeness (QED) is 0.581. The molecule has 9 heteroatoms. The van der Waals surface area contributed by atoms with Gasteiger partial charge in [0.15, 0.2) is 0 Å². The zero-order chi connectivity index (χ0) is 19.8. The van der Waals surface area contributed by atoms with E-state index in [2.05, 4.69) is 15.3 Å². The number of anilines is 2. The van der Waals surface area contributed by atoms with Gasteiger partial charge in [-0.15, -0.1) is 0 Å². The van der Waals surface area contributed by atoms with E-state index in [9.17, 15) is 14.7 Å². The first-order valence-corrected chi connectivity index (χ1v) is 9.39. The van der Waals surface area contributed by atoms with Gasteiger partial charge in [-0.2, -0.15) is 4.98 Å². The van der Waals surface area contributed by atoms with Crippen molar-refractivity contribution in [3.8, 4) is 0 Å². The normalized spacial score (nSPS) is 27.7. The number of nitrogen functional groups attached to an aromatic ring is 1. The number of aliphatic hydroxyl groups is 1. The molecule has 0 bridgehead atoms. The van der Waals surface area contributed by atoms with Gasteiger partial charge in [0.2, 0.25) is 11.9 Å². The van der Waals surface area contributed by atoms with Gasteiger partial charge in [0.25, 0.3) is 5.56 Å². The number of aromatic amines is 1. The van der Waals surface area contributed by atoms with Gasteiger partial charge in [-0.05, 0) is 19.8 Å². The van der Waals surface area contributed by atoms with E-state index in [4.69, 9.17) is 10.5 Å². The molecule has 5 N–H and O–H groups in total. The van der Waals surface area contributed by atoms with Gasteiger partial charge in [-0.3, -0.25) is 14.6 Å². The maximum Gasteiger partial charge on any atom is 0.254 e. The molecule has 0 aromatic carbocycles. The third kappa shape index (κ3) is 4.24. The van der Waals surface area contributed by atoms with Crippen LogP contribution in [0.1, 0.15) is 40.0 Å². The van der Waals surface area contributed by atoms with Crippen LogP contribution < -0.4 is 21.5 Å². The van der Waals surface area contributed by atoms with Crippen molar-refractivity contribution in [2.24, 2.45) is 5.92 Å². The number of nitrogens with one attached hydrogen (secondary N) is 2. The third-order valence-electron chi connectivity index (χ3n) is 5.57. The van der Waals surface area contributed by atoms with Crippen molar-refractivity contribution in [1.82, 2.24) is 15.3 Å². The number of amides is 1.